The number of para-hydroxylation sites is 1. The van der Waals surface area contributed by atoms with E-state index in [1.807, 2.05) is 31.2 Å². The van der Waals surface area contributed by atoms with E-state index in [2.05, 4.69) is 10.6 Å². The Hall–Kier alpha value is -3.15. The Morgan fingerprint density at radius 2 is 1.79 bits per heavy atom. The monoisotopic (exact) mass is 381 g/mol. The van der Waals surface area contributed by atoms with Gasteiger partial charge >= 0.3 is 0 Å². The molecule has 0 aliphatic heterocycles. The molecule has 0 heterocycles. The fourth-order valence-electron chi connectivity index (χ4n) is 2.90. The van der Waals surface area contributed by atoms with E-state index in [-0.39, 0.29) is 24.1 Å². The van der Waals surface area contributed by atoms with Crippen LogP contribution in [0, 0.1) is 0 Å². The zero-order valence-electron chi connectivity index (χ0n) is 16.8. The van der Waals surface area contributed by atoms with Crippen LogP contribution >= 0.6 is 0 Å². The summed E-state index contributed by atoms with van der Waals surface area (Å²) in [6.45, 7) is 5.20. The van der Waals surface area contributed by atoms with Crippen molar-refractivity contribution in [2.75, 3.05) is 24.2 Å². The van der Waals surface area contributed by atoms with Crippen LogP contribution in [0.5, 0.6) is 0 Å². The summed E-state index contributed by atoms with van der Waals surface area (Å²) in [7, 11) is 1.60. The van der Waals surface area contributed by atoms with E-state index >= 15 is 0 Å². The molecule has 2 N–H and O–H groups in total. The van der Waals surface area contributed by atoms with Gasteiger partial charge in [-0.25, -0.2) is 0 Å². The number of likely N-dealkylation sites (N-methyl/N-ethyl adjacent to an activating group) is 1. The molecule has 1 atom stereocenters. The molecule has 148 valence electrons. The van der Waals surface area contributed by atoms with Gasteiger partial charge in [-0.1, -0.05) is 37.3 Å². The number of amides is 2. The van der Waals surface area contributed by atoms with Gasteiger partial charge in [0.15, 0.2) is 5.78 Å². The first-order chi connectivity index (χ1) is 13.3. The van der Waals surface area contributed by atoms with Gasteiger partial charge in [0, 0.05) is 24.0 Å². The quantitative estimate of drug-likeness (QED) is 0.688. The average molecular weight is 381 g/mol. The van der Waals surface area contributed by atoms with Gasteiger partial charge < -0.3 is 15.5 Å². The number of nitrogens with one attached hydrogen (secondary N) is 2. The van der Waals surface area contributed by atoms with Crippen LogP contribution in [0.1, 0.15) is 36.7 Å². The van der Waals surface area contributed by atoms with Crippen molar-refractivity contribution < 1.29 is 14.4 Å². The molecule has 28 heavy (non-hydrogen) atoms. The van der Waals surface area contributed by atoms with E-state index in [0.717, 1.165) is 17.7 Å². The molecule has 0 aliphatic carbocycles. The predicted octanol–water partition coefficient (Wildman–Crippen LogP) is 3.35. The zero-order valence-corrected chi connectivity index (χ0v) is 16.8. The van der Waals surface area contributed by atoms with Crippen molar-refractivity contribution >= 4 is 29.0 Å². The molecule has 0 radical (unpaired) electrons. The molecule has 6 heteroatoms. The average Bonchev–Trinajstić information content (AvgIpc) is 2.67. The fourth-order valence-corrected chi connectivity index (χ4v) is 2.90. The van der Waals surface area contributed by atoms with Crippen LogP contribution in [-0.4, -0.2) is 42.1 Å². The SMILES string of the molecule is CCc1ccccc1NC(=O)CN(C)C(=O)[C@H](C)Nc1cccc(C(C)=O)c1. The first-order valence-corrected chi connectivity index (χ1v) is 9.32. The van der Waals surface area contributed by atoms with Crippen LogP contribution in [-0.2, 0) is 16.0 Å². The molecule has 2 aromatic rings. The Morgan fingerprint density at radius 1 is 1.07 bits per heavy atom. The van der Waals surface area contributed by atoms with Gasteiger partial charge in [-0.05, 0) is 44.0 Å². The Kier molecular flexibility index (Phi) is 7.32. The highest BCUT2D eigenvalue weighted by Crippen LogP contribution is 2.16. The molecule has 0 fully saturated rings. The summed E-state index contributed by atoms with van der Waals surface area (Å²) in [6, 6.07) is 14.1. The van der Waals surface area contributed by atoms with Gasteiger partial charge in [0.1, 0.15) is 6.04 Å². The lowest BCUT2D eigenvalue weighted by Gasteiger charge is -2.22. The molecule has 0 saturated heterocycles. The normalized spacial score (nSPS) is 11.4. The van der Waals surface area contributed by atoms with Crippen LogP contribution in [0.3, 0.4) is 0 Å². The highest BCUT2D eigenvalue weighted by atomic mass is 16.2. The van der Waals surface area contributed by atoms with Crippen molar-refractivity contribution in [2.24, 2.45) is 0 Å². The summed E-state index contributed by atoms with van der Waals surface area (Å²) in [5.41, 5.74) is 3.07. The Bertz CT molecular complexity index is 864. The van der Waals surface area contributed by atoms with Crippen molar-refractivity contribution in [1.82, 2.24) is 4.90 Å². The third-order valence-electron chi connectivity index (χ3n) is 4.45. The molecular weight excluding hydrogens is 354 g/mol. The highest BCUT2D eigenvalue weighted by Gasteiger charge is 2.20. The predicted molar refractivity (Wildman–Crippen MR) is 112 cm³/mol. The van der Waals surface area contributed by atoms with Gasteiger partial charge in [0.2, 0.25) is 11.8 Å². The van der Waals surface area contributed by atoms with Crippen molar-refractivity contribution in [2.45, 2.75) is 33.2 Å². The number of aryl methyl sites for hydroxylation is 1. The van der Waals surface area contributed by atoms with Gasteiger partial charge in [-0.3, -0.25) is 14.4 Å². The number of nitrogens with zero attached hydrogens (tertiary/aromatic N) is 1. The van der Waals surface area contributed by atoms with E-state index in [1.54, 1.807) is 38.2 Å². The Labute approximate surface area is 165 Å². The second kappa shape index (κ2) is 9.69. The van der Waals surface area contributed by atoms with Gasteiger partial charge in [-0.15, -0.1) is 0 Å². The van der Waals surface area contributed by atoms with E-state index < -0.39 is 6.04 Å². The molecule has 0 unspecified atom stereocenters. The van der Waals surface area contributed by atoms with Crippen LogP contribution in [0.2, 0.25) is 0 Å². The zero-order chi connectivity index (χ0) is 20.7. The van der Waals surface area contributed by atoms with Crippen molar-refractivity contribution in [3.63, 3.8) is 0 Å². The van der Waals surface area contributed by atoms with Crippen molar-refractivity contribution in [3.05, 3.63) is 59.7 Å². The largest absolute Gasteiger partial charge is 0.374 e. The first-order valence-electron chi connectivity index (χ1n) is 9.32. The summed E-state index contributed by atoms with van der Waals surface area (Å²) < 4.78 is 0. The van der Waals surface area contributed by atoms with E-state index in [1.165, 1.54) is 11.8 Å². The second-order valence-electron chi connectivity index (χ2n) is 6.76. The minimum Gasteiger partial charge on any atom is -0.374 e. The maximum Gasteiger partial charge on any atom is 0.244 e. The second-order valence-corrected chi connectivity index (χ2v) is 6.76. The topological polar surface area (TPSA) is 78.5 Å². The fraction of sp³-hybridized carbons (Fsp3) is 0.318. The summed E-state index contributed by atoms with van der Waals surface area (Å²) in [5.74, 6) is -0.501. The molecule has 0 saturated carbocycles. The van der Waals surface area contributed by atoms with Crippen molar-refractivity contribution in [3.8, 4) is 0 Å². The molecular formula is C22H27N3O3. The third-order valence-corrected chi connectivity index (χ3v) is 4.45. The molecule has 0 aliphatic rings. The van der Waals surface area contributed by atoms with Crippen LogP contribution in [0.15, 0.2) is 48.5 Å². The maximum atomic E-state index is 12.6. The molecule has 0 aromatic heterocycles. The smallest absolute Gasteiger partial charge is 0.244 e. The van der Waals surface area contributed by atoms with Crippen LogP contribution in [0.25, 0.3) is 0 Å². The first kappa shape index (κ1) is 21.2. The number of hydrogen-bond acceptors (Lipinski definition) is 4. The Balaban J connectivity index is 1.94. The number of benzene rings is 2. The number of ketones is 1. The lowest BCUT2D eigenvalue weighted by Crippen LogP contribution is -2.42. The van der Waals surface area contributed by atoms with Crippen LogP contribution in [0.4, 0.5) is 11.4 Å². The summed E-state index contributed by atoms with van der Waals surface area (Å²) >= 11 is 0. The molecule has 0 spiro atoms. The third kappa shape index (κ3) is 5.67. The number of hydrogen-bond donors (Lipinski definition) is 2. The summed E-state index contributed by atoms with van der Waals surface area (Å²) in [6.07, 6.45) is 0.811. The lowest BCUT2D eigenvalue weighted by atomic mass is 10.1. The molecule has 6 nitrogen and oxygen atoms in total. The minimum absolute atomic E-state index is 0.0382. The van der Waals surface area contributed by atoms with E-state index in [9.17, 15) is 14.4 Å². The minimum atomic E-state index is -0.539. The lowest BCUT2D eigenvalue weighted by molar-refractivity contribution is -0.133. The number of Topliss-reactive ketones (excluding diaryl/α,β-unsaturated/α-hetero) is 1. The summed E-state index contributed by atoms with van der Waals surface area (Å²) in [4.78, 5) is 37.8. The number of carbonyl (C=O) groups excluding carboxylic acids is 3. The molecule has 2 amide bonds. The van der Waals surface area contributed by atoms with Gasteiger partial charge in [-0.2, -0.15) is 0 Å². The molecule has 0 bridgehead atoms. The molecule has 2 aromatic carbocycles. The number of rotatable bonds is 8. The highest BCUT2D eigenvalue weighted by molar-refractivity contribution is 5.97. The maximum absolute atomic E-state index is 12.6. The van der Waals surface area contributed by atoms with Gasteiger partial charge in [0.05, 0.1) is 6.54 Å². The van der Waals surface area contributed by atoms with Gasteiger partial charge in [0.25, 0.3) is 0 Å². The Morgan fingerprint density at radius 3 is 2.46 bits per heavy atom. The standard InChI is InChI=1S/C22H27N3O3/c1-5-17-9-6-7-12-20(17)24-21(27)14-25(4)22(28)15(2)23-19-11-8-10-18(13-19)16(3)26/h6-13,15,23H,5,14H2,1-4H3,(H,24,27)/t15-/m0/s1. The number of carbonyl (C=O) groups is 3. The summed E-state index contributed by atoms with van der Waals surface area (Å²) in [5, 5.41) is 5.95. The molecule has 2 rings (SSSR count). The van der Waals surface area contributed by atoms with Crippen LogP contribution < -0.4 is 10.6 Å². The van der Waals surface area contributed by atoms with E-state index in [0.29, 0.717) is 11.3 Å². The van der Waals surface area contributed by atoms with Crippen molar-refractivity contribution in [1.29, 1.82) is 0 Å². The number of anilines is 2. The van der Waals surface area contributed by atoms with E-state index in [4.69, 9.17) is 0 Å².